The van der Waals surface area contributed by atoms with Crippen molar-refractivity contribution in [1.82, 2.24) is 4.98 Å². The normalized spacial score (nSPS) is 10.3. The van der Waals surface area contributed by atoms with Crippen LogP contribution < -0.4 is 5.32 Å². The summed E-state index contributed by atoms with van der Waals surface area (Å²) < 4.78 is 5.10. The largest absolute Gasteiger partial charge is 0.462 e. The Morgan fingerprint density at radius 3 is 2.68 bits per heavy atom. The molecule has 3 aromatic rings. The van der Waals surface area contributed by atoms with Crippen molar-refractivity contribution >= 4 is 40.1 Å². The van der Waals surface area contributed by atoms with Crippen molar-refractivity contribution in [2.24, 2.45) is 0 Å². The number of nitrogens with one attached hydrogen (secondary N) is 1. The standard InChI is InChI=1S/C19H15N3O5S/c1-2-27-18(24)17-16(13-6-4-3-5-7-13)21-19(28-17)20-14-10-12(11-23)8-9-15(14)22(25)26/h3-11H,2H2,1H3,(H,20,21). The van der Waals surface area contributed by atoms with Gasteiger partial charge in [-0.3, -0.25) is 14.9 Å². The maximum atomic E-state index is 12.3. The molecule has 0 saturated carbocycles. The van der Waals surface area contributed by atoms with Crippen molar-refractivity contribution in [2.75, 3.05) is 11.9 Å². The lowest BCUT2D eigenvalue weighted by Crippen LogP contribution is -2.03. The number of thiazole rings is 1. The van der Waals surface area contributed by atoms with E-state index in [0.717, 1.165) is 11.3 Å². The molecule has 0 fully saturated rings. The molecule has 0 saturated heterocycles. The number of esters is 1. The minimum absolute atomic E-state index is 0.110. The van der Waals surface area contributed by atoms with E-state index in [4.69, 9.17) is 4.74 Å². The number of nitro groups is 1. The zero-order valence-electron chi connectivity index (χ0n) is 14.7. The number of hydrogen-bond donors (Lipinski definition) is 1. The van der Waals surface area contributed by atoms with Gasteiger partial charge in [-0.2, -0.15) is 0 Å². The van der Waals surface area contributed by atoms with E-state index in [1.54, 1.807) is 19.1 Å². The molecule has 0 spiro atoms. The molecule has 1 N–H and O–H groups in total. The van der Waals surface area contributed by atoms with Crippen LogP contribution in [0.25, 0.3) is 11.3 Å². The quantitative estimate of drug-likeness (QED) is 0.271. The second-order valence-electron chi connectivity index (χ2n) is 5.56. The van der Waals surface area contributed by atoms with E-state index in [0.29, 0.717) is 17.5 Å². The van der Waals surface area contributed by atoms with Gasteiger partial charge in [0.05, 0.1) is 17.2 Å². The first-order valence-electron chi connectivity index (χ1n) is 8.27. The predicted octanol–water partition coefficient (Wildman–Crippen LogP) is 4.45. The first-order valence-corrected chi connectivity index (χ1v) is 9.09. The Bertz CT molecular complexity index is 1030. The average molecular weight is 397 g/mol. The van der Waals surface area contributed by atoms with E-state index in [-0.39, 0.29) is 33.6 Å². The third kappa shape index (κ3) is 4.04. The molecule has 8 nitrogen and oxygen atoms in total. The van der Waals surface area contributed by atoms with Crippen LogP contribution in [-0.4, -0.2) is 28.8 Å². The fraction of sp³-hybridized carbons (Fsp3) is 0.105. The highest BCUT2D eigenvalue weighted by atomic mass is 32.1. The third-order valence-electron chi connectivity index (χ3n) is 3.73. The number of anilines is 2. The fourth-order valence-electron chi connectivity index (χ4n) is 2.50. The van der Waals surface area contributed by atoms with Crippen LogP contribution in [0.4, 0.5) is 16.5 Å². The summed E-state index contributed by atoms with van der Waals surface area (Å²) in [5.41, 5.74) is 1.31. The van der Waals surface area contributed by atoms with Gasteiger partial charge in [-0.05, 0) is 19.1 Å². The van der Waals surface area contributed by atoms with Gasteiger partial charge in [0.1, 0.15) is 16.9 Å². The lowest BCUT2D eigenvalue weighted by Gasteiger charge is -2.04. The highest BCUT2D eigenvalue weighted by molar-refractivity contribution is 7.18. The van der Waals surface area contributed by atoms with Crippen molar-refractivity contribution < 1.29 is 19.2 Å². The van der Waals surface area contributed by atoms with Gasteiger partial charge < -0.3 is 10.1 Å². The van der Waals surface area contributed by atoms with E-state index in [1.165, 1.54) is 18.2 Å². The van der Waals surface area contributed by atoms with Gasteiger partial charge in [-0.1, -0.05) is 41.7 Å². The van der Waals surface area contributed by atoms with Crippen LogP contribution in [0, 0.1) is 10.1 Å². The fourth-order valence-corrected chi connectivity index (χ4v) is 3.40. The Morgan fingerprint density at radius 1 is 1.29 bits per heavy atom. The molecule has 9 heteroatoms. The number of benzene rings is 2. The number of aromatic nitrogens is 1. The molecule has 0 atom stereocenters. The molecule has 0 aliphatic carbocycles. The van der Waals surface area contributed by atoms with Gasteiger partial charge in [-0.25, -0.2) is 9.78 Å². The zero-order chi connectivity index (χ0) is 20.1. The number of nitro benzene ring substituents is 1. The summed E-state index contributed by atoms with van der Waals surface area (Å²) in [4.78, 5) is 38.8. The van der Waals surface area contributed by atoms with Crippen molar-refractivity contribution in [1.29, 1.82) is 0 Å². The van der Waals surface area contributed by atoms with Gasteiger partial charge >= 0.3 is 5.97 Å². The molecular weight excluding hydrogens is 382 g/mol. The molecule has 0 bridgehead atoms. The lowest BCUT2D eigenvalue weighted by molar-refractivity contribution is -0.383. The van der Waals surface area contributed by atoms with Crippen molar-refractivity contribution in [3.05, 3.63) is 69.1 Å². The highest BCUT2D eigenvalue weighted by Crippen LogP contribution is 2.35. The van der Waals surface area contributed by atoms with Crippen molar-refractivity contribution in [3.63, 3.8) is 0 Å². The molecule has 0 amide bonds. The summed E-state index contributed by atoms with van der Waals surface area (Å²) in [7, 11) is 0. The van der Waals surface area contributed by atoms with Crippen molar-refractivity contribution in [3.8, 4) is 11.3 Å². The Balaban J connectivity index is 2.05. The predicted molar refractivity (Wildman–Crippen MR) is 105 cm³/mol. The number of nitrogens with zero attached hydrogens (tertiary/aromatic N) is 2. The van der Waals surface area contributed by atoms with Crippen LogP contribution in [0.2, 0.25) is 0 Å². The molecule has 1 aromatic heterocycles. The van der Waals surface area contributed by atoms with E-state index in [2.05, 4.69) is 10.3 Å². The molecule has 0 aliphatic rings. The van der Waals surface area contributed by atoms with Crippen LogP contribution in [0.3, 0.4) is 0 Å². The average Bonchev–Trinajstić information content (AvgIpc) is 3.12. The summed E-state index contributed by atoms with van der Waals surface area (Å²) in [5, 5.41) is 14.4. The molecule has 142 valence electrons. The van der Waals surface area contributed by atoms with Crippen LogP contribution in [0.5, 0.6) is 0 Å². The Kier molecular flexibility index (Phi) is 5.75. The molecule has 0 unspecified atom stereocenters. The van der Waals surface area contributed by atoms with Gasteiger partial charge in [-0.15, -0.1) is 0 Å². The Labute approximate surface area is 164 Å². The van der Waals surface area contributed by atoms with Crippen molar-refractivity contribution in [2.45, 2.75) is 6.92 Å². The first-order chi connectivity index (χ1) is 13.5. The second-order valence-corrected chi connectivity index (χ2v) is 6.56. The maximum Gasteiger partial charge on any atom is 0.350 e. The summed E-state index contributed by atoms with van der Waals surface area (Å²) in [6.45, 7) is 1.91. The molecule has 3 rings (SSSR count). The molecule has 0 radical (unpaired) electrons. The monoisotopic (exact) mass is 397 g/mol. The summed E-state index contributed by atoms with van der Waals surface area (Å²) in [6.07, 6.45) is 0.593. The summed E-state index contributed by atoms with van der Waals surface area (Å²) in [6, 6.07) is 13.0. The first kappa shape index (κ1) is 19.2. The van der Waals surface area contributed by atoms with E-state index in [9.17, 15) is 19.7 Å². The van der Waals surface area contributed by atoms with Gasteiger partial charge in [0.15, 0.2) is 5.13 Å². The number of carbonyl (C=O) groups excluding carboxylic acids is 2. The molecule has 28 heavy (non-hydrogen) atoms. The lowest BCUT2D eigenvalue weighted by atomic mass is 10.1. The minimum atomic E-state index is -0.561. The van der Waals surface area contributed by atoms with Gasteiger partial charge in [0.25, 0.3) is 5.69 Å². The van der Waals surface area contributed by atoms with Crippen LogP contribution in [-0.2, 0) is 4.74 Å². The van der Waals surface area contributed by atoms with E-state index < -0.39 is 10.9 Å². The van der Waals surface area contributed by atoms with Gasteiger partial charge in [0.2, 0.25) is 0 Å². The Hall–Kier alpha value is -3.59. The molecular formula is C19H15N3O5S. The zero-order valence-corrected chi connectivity index (χ0v) is 15.6. The van der Waals surface area contributed by atoms with Gasteiger partial charge in [0, 0.05) is 17.2 Å². The molecule has 1 heterocycles. The van der Waals surface area contributed by atoms with E-state index >= 15 is 0 Å². The second kappa shape index (κ2) is 8.40. The van der Waals surface area contributed by atoms with Crippen LogP contribution in [0.1, 0.15) is 27.0 Å². The number of ether oxygens (including phenoxy) is 1. The molecule has 2 aromatic carbocycles. The minimum Gasteiger partial charge on any atom is -0.462 e. The number of hydrogen-bond acceptors (Lipinski definition) is 8. The third-order valence-corrected chi connectivity index (χ3v) is 4.68. The maximum absolute atomic E-state index is 12.3. The summed E-state index contributed by atoms with van der Waals surface area (Å²) in [5.74, 6) is -0.525. The number of carbonyl (C=O) groups is 2. The topological polar surface area (TPSA) is 111 Å². The summed E-state index contributed by atoms with van der Waals surface area (Å²) >= 11 is 1.02. The SMILES string of the molecule is CCOC(=O)c1sc(Nc2cc(C=O)ccc2[N+](=O)[O-])nc1-c1ccccc1. The Morgan fingerprint density at radius 2 is 2.04 bits per heavy atom. The molecule has 0 aliphatic heterocycles. The number of rotatable bonds is 7. The van der Waals surface area contributed by atoms with Crippen LogP contribution in [0.15, 0.2) is 48.5 Å². The van der Waals surface area contributed by atoms with Crippen LogP contribution >= 0.6 is 11.3 Å². The van der Waals surface area contributed by atoms with E-state index in [1.807, 2.05) is 18.2 Å². The number of aldehydes is 1. The highest BCUT2D eigenvalue weighted by Gasteiger charge is 2.22. The smallest absolute Gasteiger partial charge is 0.350 e.